The highest BCUT2D eigenvalue weighted by Crippen LogP contribution is 2.16. The van der Waals surface area contributed by atoms with Crippen molar-refractivity contribution in [2.45, 2.75) is 6.42 Å². The Morgan fingerprint density at radius 2 is 1.91 bits per heavy atom. The number of carboxylic acid groups (broad SMARTS) is 1. The molecule has 0 saturated carbocycles. The first-order valence-electron chi connectivity index (χ1n) is 6.23. The summed E-state index contributed by atoms with van der Waals surface area (Å²) >= 11 is 1.10. The molecule has 9 heteroatoms. The predicted molar refractivity (Wildman–Crippen MR) is 78.9 cm³/mol. The van der Waals surface area contributed by atoms with Gasteiger partial charge in [-0.2, -0.15) is 0 Å². The first kappa shape index (κ1) is 15.6. The van der Waals surface area contributed by atoms with Gasteiger partial charge in [-0.1, -0.05) is 0 Å². The van der Waals surface area contributed by atoms with Gasteiger partial charge in [0.1, 0.15) is 5.69 Å². The number of nitrogens with one attached hydrogen (secondary N) is 2. The van der Waals surface area contributed by atoms with Crippen LogP contribution in [0.4, 0.5) is 5.13 Å². The highest BCUT2D eigenvalue weighted by atomic mass is 32.1. The quantitative estimate of drug-likeness (QED) is 0.730. The molecule has 0 aliphatic rings. The second kappa shape index (κ2) is 7.27. The maximum Gasteiger partial charge on any atom is 0.305 e. The molecule has 114 valence electrons. The molecule has 2 rings (SSSR count). The van der Waals surface area contributed by atoms with Crippen LogP contribution in [0, 0.1) is 0 Å². The Kier molecular flexibility index (Phi) is 5.15. The van der Waals surface area contributed by atoms with Gasteiger partial charge in [0.2, 0.25) is 0 Å². The SMILES string of the molecule is O=C(O)CCNC(=O)c1csc(NC(=O)c2ccncc2)n1. The molecule has 0 atom stereocenters. The van der Waals surface area contributed by atoms with Crippen molar-refractivity contribution in [3.63, 3.8) is 0 Å². The maximum atomic E-state index is 11.9. The molecule has 0 unspecified atom stereocenters. The van der Waals surface area contributed by atoms with Gasteiger partial charge in [0.15, 0.2) is 5.13 Å². The molecule has 0 spiro atoms. The highest BCUT2D eigenvalue weighted by molar-refractivity contribution is 7.14. The van der Waals surface area contributed by atoms with Crippen LogP contribution in [0.25, 0.3) is 0 Å². The molecule has 0 radical (unpaired) electrons. The van der Waals surface area contributed by atoms with E-state index in [1.54, 1.807) is 12.1 Å². The van der Waals surface area contributed by atoms with Crippen molar-refractivity contribution in [3.8, 4) is 0 Å². The van der Waals surface area contributed by atoms with Gasteiger partial charge >= 0.3 is 5.97 Å². The first-order chi connectivity index (χ1) is 10.6. The number of thiazole rings is 1. The number of aromatic nitrogens is 2. The van der Waals surface area contributed by atoms with E-state index >= 15 is 0 Å². The van der Waals surface area contributed by atoms with Gasteiger partial charge in [-0.15, -0.1) is 11.3 Å². The van der Waals surface area contributed by atoms with Crippen LogP contribution in [0.15, 0.2) is 29.9 Å². The lowest BCUT2D eigenvalue weighted by Gasteiger charge is -2.01. The van der Waals surface area contributed by atoms with Gasteiger partial charge in [0.25, 0.3) is 11.8 Å². The van der Waals surface area contributed by atoms with Crippen molar-refractivity contribution >= 4 is 34.3 Å². The van der Waals surface area contributed by atoms with Gasteiger partial charge in [0.05, 0.1) is 6.42 Å². The third-order valence-electron chi connectivity index (χ3n) is 2.52. The molecule has 2 amide bonds. The normalized spacial score (nSPS) is 10.0. The summed E-state index contributed by atoms with van der Waals surface area (Å²) in [4.78, 5) is 41.8. The van der Waals surface area contributed by atoms with Crippen LogP contribution in [0.5, 0.6) is 0 Å². The number of pyridine rings is 1. The summed E-state index contributed by atoms with van der Waals surface area (Å²) in [7, 11) is 0. The molecular formula is C13H12N4O4S. The van der Waals surface area contributed by atoms with Crippen molar-refractivity contribution in [2.24, 2.45) is 0 Å². The Bertz CT molecular complexity index is 686. The first-order valence-corrected chi connectivity index (χ1v) is 7.11. The summed E-state index contributed by atoms with van der Waals surface area (Å²) in [6.07, 6.45) is 2.83. The summed E-state index contributed by atoms with van der Waals surface area (Å²) in [6.45, 7) is 0.0183. The summed E-state index contributed by atoms with van der Waals surface area (Å²) in [5.74, 6) is -1.83. The largest absolute Gasteiger partial charge is 0.481 e. The lowest BCUT2D eigenvalue weighted by molar-refractivity contribution is -0.136. The lowest BCUT2D eigenvalue weighted by Crippen LogP contribution is -2.26. The van der Waals surface area contributed by atoms with Crippen molar-refractivity contribution < 1.29 is 19.5 Å². The van der Waals surface area contributed by atoms with Crippen LogP contribution >= 0.6 is 11.3 Å². The number of rotatable bonds is 6. The standard InChI is InChI=1S/C13H12N4O4S/c18-10(19)3-6-15-12(21)9-7-22-13(16-9)17-11(20)8-1-4-14-5-2-8/h1-2,4-5,7H,3,6H2,(H,15,21)(H,18,19)(H,16,17,20). The molecule has 0 aliphatic carbocycles. The Balaban J connectivity index is 1.92. The Morgan fingerprint density at radius 1 is 1.18 bits per heavy atom. The summed E-state index contributed by atoms with van der Waals surface area (Å²) in [5, 5.41) is 15.3. The van der Waals surface area contributed by atoms with E-state index in [4.69, 9.17) is 5.11 Å². The van der Waals surface area contributed by atoms with Crippen molar-refractivity contribution in [2.75, 3.05) is 11.9 Å². The molecule has 0 aliphatic heterocycles. The fourth-order valence-electron chi connectivity index (χ4n) is 1.48. The second-order valence-electron chi connectivity index (χ2n) is 4.13. The van der Waals surface area contributed by atoms with Crippen molar-refractivity contribution in [1.82, 2.24) is 15.3 Å². The number of nitrogens with zero attached hydrogens (tertiary/aromatic N) is 2. The molecule has 8 nitrogen and oxygen atoms in total. The van der Waals surface area contributed by atoms with Crippen LogP contribution in [-0.4, -0.2) is 39.4 Å². The Morgan fingerprint density at radius 3 is 2.59 bits per heavy atom. The number of carbonyl (C=O) groups is 3. The molecule has 3 N–H and O–H groups in total. The van der Waals surface area contributed by atoms with E-state index in [9.17, 15) is 14.4 Å². The van der Waals surface area contributed by atoms with E-state index in [-0.39, 0.29) is 29.7 Å². The monoisotopic (exact) mass is 320 g/mol. The molecule has 0 saturated heterocycles. The molecule has 0 aromatic carbocycles. The van der Waals surface area contributed by atoms with Crippen LogP contribution in [-0.2, 0) is 4.79 Å². The predicted octanol–water partition coefficient (Wildman–Crippen LogP) is 0.995. The molecule has 0 bridgehead atoms. The van der Waals surface area contributed by atoms with E-state index in [1.165, 1.54) is 17.8 Å². The van der Waals surface area contributed by atoms with Crippen molar-refractivity contribution in [1.29, 1.82) is 0 Å². The van der Waals surface area contributed by atoms with E-state index in [1.807, 2.05) is 0 Å². The van der Waals surface area contributed by atoms with Crippen LogP contribution in [0.2, 0.25) is 0 Å². The number of hydrogen-bond donors (Lipinski definition) is 3. The molecule has 22 heavy (non-hydrogen) atoms. The molecule has 2 aromatic rings. The minimum atomic E-state index is -0.996. The highest BCUT2D eigenvalue weighted by Gasteiger charge is 2.13. The molecule has 2 aromatic heterocycles. The summed E-state index contributed by atoms with van der Waals surface area (Å²) < 4.78 is 0. The van der Waals surface area contributed by atoms with Crippen molar-refractivity contribution in [3.05, 3.63) is 41.2 Å². The minimum absolute atomic E-state index is 0.0183. The summed E-state index contributed by atoms with van der Waals surface area (Å²) in [6, 6.07) is 3.12. The molecule has 2 heterocycles. The zero-order valence-corrected chi connectivity index (χ0v) is 12.1. The van der Waals surface area contributed by atoms with E-state index in [0.717, 1.165) is 11.3 Å². The maximum absolute atomic E-state index is 11.9. The molecule has 0 fully saturated rings. The van der Waals surface area contributed by atoms with Crippen LogP contribution < -0.4 is 10.6 Å². The number of anilines is 1. The van der Waals surface area contributed by atoms with Crippen LogP contribution in [0.1, 0.15) is 27.3 Å². The lowest BCUT2D eigenvalue weighted by atomic mass is 10.2. The summed E-state index contributed by atoms with van der Waals surface area (Å²) in [5.41, 5.74) is 0.554. The van der Waals surface area contributed by atoms with E-state index in [0.29, 0.717) is 5.56 Å². The fourth-order valence-corrected chi connectivity index (χ4v) is 2.17. The van der Waals surface area contributed by atoms with Gasteiger partial charge in [0, 0.05) is 29.9 Å². The second-order valence-corrected chi connectivity index (χ2v) is 4.99. The smallest absolute Gasteiger partial charge is 0.305 e. The number of aliphatic carboxylic acids is 1. The number of carbonyl (C=O) groups excluding carboxylic acids is 2. The van der Waals surface area contributed by atoms with Gasteiger partial charge in [-0.05, 0) is 12.1 Å². The number of amides is 2. The van der Waals surface area contributed by atoms with E-state index in [2.05, 4.69) is 20.6 Å². The van der Waals surface area contributed by atoms with Gasteiger partial charge in [-0.3, -0.25) is 24.7 Å². The third kappa shape index (κ3) is 4.35. The average Bonchev–Trinajstić information content (AvgIpc) is 2.96. The molecular weight excluding hydrogens is 308 g/mol. The fraction of sp³-hybridized carbons (Fsp3) is 0.154. The van der Waals surface area contributed by atoms with E-state index < -0.39 is 11.9 Å². The topological polar surface area (TPSA) is 121 Å². The van der Waals surface area contributed by atoms with Gasteiger partial charge < -0.3 is 10.4 Å². The zero-order valence-electron chi connectivity index (χ0n) is 11.3. The number of hydrogen-bond acceptors (Lipinski definition) is 6. The Hall–Kier alpha value is -2.81. The van der Waals surface area contributed by atoms with Gasteiger partial charge in [-0.25, -0.2) is 4.98 Å². The minimum Gasteiger partial charge on any atom is -0.481 e. The zero-order chi connectivity index (χ0) is 15.9. The van der Waals surface area contributed by atoms with Crippen LogP contribution in [0.3, 0.4) is 0 Å². The third-order valence-corrected chi connectivity index (χ3v) is 3.28. The number of carboxylic acids is 1. The Labute approximate surface area is 129 Å². The average molecular weight is 320 g/mol.